The molecule has 7 nitrogen and oxygen atoms in total. The van der Waals surface area contributed by atoms with Crippen molar-refractivity contribution in [2.45, 2.75) is 13.5 Å². The van der Waals surface area contributed by atoms with E-state index in [0.717, 1.165) is 0 Å². The first-order chi connectivity index (χ1) is 9.97. The SMILES string of the molecule is Cc1ccc(OCc2cccc([N+](=O)[O-])c2)c(C(=O)O)n1. The molecule has 0 aliphatic rings. The fourth-order valence-corrected chi connectivity index (χ4v) is 1.73. The second kappa shape index (κ2) is 6.00. The van der Waals surface area contributed by atoms with E-state index in [2.05, 4.69) is 4.98 Å². The van der Waals surface area contributed by atoms with Gasteiger partial charge in [-0.05, 0) is 24.6 Å². The van der Waals surface area contributed by atoms with Gasteiger partial charge in [-0.1, -0.05) is 12.1 Å². The third-order valence-electron chi connectivity index (χ3n) is 2.72. The molecular weight excluding hydrogens is 276 g/mol. The fraction of sp³-hybridized carbons (Fsp3) is 0.143. The first-order valence-electron chi connectivity index (χ1n) is 6.04. The Bertz CT molecular complexity index is 700. The Balaban J connectivity index is 2.18. The van der Waals surface area contributed by atoms with Gasteiger partial charge in [0, 0.05) is 17.8 Å². The van der Waals surface area contributed by atoms with E-state index in [1.807, 2.05) is 0 Å². The first kappa shape index (κ1) is 14.4. The summed E-state index contributed by atoms with van der Waals surface area (Å²) in [6.07, 6.45) is 0. The molecule has 1 N–H and O–H groups in total. The van der Waals surface area contributed by atoms with Gasteiger partial charge in [0.1, 0.15) is 6.61 Å². The number of nitro benzene ring substituents is 1. The molecule has 108 valence electrons. The lowest BCUT2D eigenvalue weighted by Gasteiger charge is -2.09. The number of aryl methyl sites for hydroxylation is 1. The summed E-state index contributed by atoms with van der Waals surface area (Å²) < 4.78 is 5.41. The van der Waals surface area contributed by atoms with Gasteiger partial charge >= 0.3 is 5.97 Å². The number of rotatable bonds is 5. The maximum Gasteiger partial charge on any atom is 0.358 e. The zero-order valence-corrected chi connectivity index (χ0v) is 11.1. The van der Waals surface area contributed by atoms with Crippen molar-refractivity contribution in [2.75, 3.05) is 0 Å². The molecule has 0 saturated carbocycles. The number of non-ortho nitro benzene ring substituents is 1. The van der Waals surface area contributed by atoms with Crippen molar-refractivity contribution in [1.82, 2.24) is 4.98 Å². The highest BCUT2D eigenvalue weighted by Crippen LogP contribution is 2.20. The topological polar surface area (TPSA) is 103 Å². The molecule has 0 fully saturated rings. The number of ether oxygens (including phenoxy) is 1. The van der Waals surface area contributed by atoms with Gasteiger partial charge in [0.05, 0.1) is 4.92 Å². The van der Waals surface area contributed by atoms with Crippen LogP contribution >= 0.6 is 0 Å². The molecule has 7 heteroatoms. The average molecular weight is 288 g/mol. The summed E-state index contributed by atoms with van der Waals surface area (Å²) in [7, 11) is 0. The second-order valence-corrected chi connectivity index (χ2v) is 4.32. The number of pyridine rings is 1. The Morgan fingerprint density at radius 3 is 2.81 bits per heavy atom. The Kier molecular flexibility index (Phi) is 4.13. The second-order valence-electron chi connectivity index (χ2n) is 4.32. The number of carboxylic acids is 1. The lowest BCUT2D eigenvalue weighted by atomic mass is 10.2. The summed E-state index contributed by atoms with van der Waals surface area (Å²) in [5, 5.41) is 19.8. The molecule has 0 unspecified atom stereocenters. The van der Waals surface area contributed by atoms with Gasteiger partial charge < -0.3 is 9.84 Å². The van der Waals surface area contributed by atoms with E-state index in [9.17, 15) is 14.9 Å². The molecular formula is C14H12N2O5. The van der Waals surface area contributed by atoms with Gasteiger partial charge in [-0.15, -0.1) is 0 Å². The number of aromatic nitrogens is 1. The zero-order valence-electron chi connectivity index (χ0n) is 11.1. The summed E-state index contributed by atoms with van der Waals surface area (Å²) in [5.41, 5.74) is 0.910. The summed E-state index contributed by atoms with van der Waals surface area (Å²) in [5.74, 6) is -1.06. The summed E-state index contributed by atoms with van der Waals surface area (Å²) in [6, 6.07) is 9.11. The minimum absolute atomic E-state index is 0.0205. The van der Waals surface area contributed by atoms with E-state index < -0.39 is 10.9 Å². The summed E-state index contributed by atoms with van der Waals surface area (Å²) in [6.45, 7) is 1.70. The predicted octanol–water partition coefficient (Wildman–Crippen LogP) is 2.58. The predicted molar refractivity (Wildman–Crippen MR) is 73.4 cm³/mol. The van der Waals surface area contributed by atoms with Gasteiger partial charge in [-0.25, -0.2) is 9.78 Å². The highest BCUT2D eigenvalue weighted by Gasteiger charge is 2.14. The van der Waals surface area contributed by atoms with Crippen LogP contribution in [0.1, 0.15) is 21.7 Å². The summed E-state index contributed by atoms with van der Waals surface area (Å²) in [4.78, 5) is 25.2. The molecule has 1 aromatic carbocycles. The Morgan fingerprint density at radius 1 is 1.38 bits per heavy atom. The molecule has 0 atom stereocenters. The van der Waals surface area contributed by atoms with Crippen molar-refractivity contribution < 1.29 is 19.6 Å². The molecule has 0 spiro atoms. The van der Waals surface area contributed by atoms with Crippen LogP contribution in [-0.4, -0.2) is 21.0 Å². The van der Waals surface area contributed by atoms with Crippen LogP contribution in [-0.2, 0) is 6.61 Å². The number of aromatic carboxylic acids is 1. The molecule has 2 aromatic rings. The molecule has 0 bridgehead atoms. The van der Waals surface area contributed by atoms with E-state index >= 15 is 0 Å². The van der Waals surface area contributed by atoms with Crippen LogP contribution in [0.25, 0.3) is 0 Å². The van der Waals surface area contributed by atoms with E-state index in [-0.39, 0.29) is 23.7 Å². The lowest BCUT2D eigenvalue weighted by Crippen LogP contribution is -2.07. The van der Waals surface area contributed by atoms with E-state index in [4.69, 9.17) is 9.84 Å². The van der Waals surface area contributed by atoms with Gasteiger partial charge in [-0.2, -0.15) is 0 Å². The third kappa shape index (κ3) is 3.53. The Labute approximate surface area is 120 Å². The minimum Gasteiger partial charge on any atom is -0.486 e. The smallest absolute Gasteiger partial charge is 0.358 e. The molecule has 1 aromatic heterocycles. The molecule has 2 rings (SSSR count). The molecule has 0 saturated heterocycles. The van der Waals surface area contributed by atoms with Crippen LogP contribution < -0.4 is 4.74 Å². The number of carbonyl (C=O) groups is 1. The normalized spacial score (nSPS) is 10.1. The third-order valence-corrected chi connectivity index (χ3v) is 2.72. The zero-order chi connectivity index (χ0) is 15.4. The number of nitrogens with zero attached hydrogens (tertiary/aromatic N) is 2. The number of hydrogen-bond donors (Lipinski definition) is 1. The number of benzene rings is 1. The average Bonchev–Trinajstić information content (AvgIpc) is 2.46. The summed E-state index contributed by atoms with van der Waals surface area (Å²) >= 11 is 0. The van der Waals surface area contributed by atoms with E-state index in [1.54, 1.807) is 25.1 Å². The number of carboxylic acid groups (broad SMARTS) is 1. The molecule has 21 heavy (non-hydrogen) atoms. The standard InChI is InChI=1S/C14H12N2O5/c1-9-5-6-12(13(15-9)14(17)18)21-8-10-3-2-4-11(7-10)16(19)20/h2-7H,8H2,1H3,(H,17,18). The molecule has 0 aliphatic heterocycles. The van der Waals surface area contributed by atoms with Crippen LogP contribution in [0.2, 0.25) is 0 Å². The first-order valence-corrected chi connectivity index (χ1v) is 6.04. The van der Waals surface area contributed by atoms with Crippen LogP contribution in [0.4, 0.5) is 5.69 Å². The highest BCUT2D eigenvalue weighted by atomic mass is 16.6. The van der Waals surface area contributed by atoms with Crippen molar-refractivity contribution >= 4 is 11.7 Å². The maximum atomic E-state index is 11.1. The lowest BCUT2D eigenvalue weighted by molar-refractivity contribution is -0.384. The largest absolute Gasteiger partial charge is 0.486 e. The van der Waals surface area contributed by atoms with Crippen molar-refractivity contribution in [1.29, 1.82) is 0 Å². The number of nitro groups is 1. The minimum atomic E-state index is -1.19. The van der Waals surface area contributed by atoms with Gasteiger partial charge in [0.25, 0.3) is 5.69 Å². The van der Waals surface area contributed by atoms with Crippen molar-refractivity contribution in [3.8, 4) is 5.75 Å². The number of hydrogen-bond acceptors (Lipinski definition) is 5. The molecule has 0 amide bonds. The van der Waals surface area contributed by atoms with Crippen LogP contribution in [0.15, 0.2) is 36.4 Å². The molecule has 0 aliphatic carbocycles. The van der Waals surface area contributed by atoms with Crippen LogP contribution in [0, 0.1) is 17.0 Å². The molecule has 1 heterocycles. The van der Waals surface area contributed by atoms with Gasteiger partial charge in [0.2, 0.25) is 0 Å². The Morgan fingerprint density at radius 2 is 2.14 bits per heavy atom. The van der Waals surface area contributed by atoms with Crippen molar-refractivity contribution in [3.63, 3.8) is 0 Å². The quantitative estimate of drug-likeness (QED) is 0.670. The van der Waals surface area contributed by atoms with Crippen LogP contribution in [0.5, 0.6) is 5.75 Å². The van der Waals surface area contributed by atoms with Gasteiger partial charge in [0.15, 0.2) is 11.4 Å². The van der Waals surface area contributed by atoms with E-state index in [1.165, 1.54) is 18.2 Å². The van der Waals surface area contributed by atoms with Crippen molar-refractivity contribution in [3.05, 3.63) is 63.5 Å². The van der Waals surface area contributed by atoms with Crippen LogP contribution in [0.3, 0.4) is 0 Å². The highest BCUT2D eigenvalue weighted by molar-refractivity contribution is 5.88. The Hall–Kier alpha value is -2.96. The monoisotopic (exact) mass is 288 g/mol. The van der Waals surface area contributed by atoms with Gasteiger partial charge in [-0.3, -0.25) is 10.1 Å². The van der Waals surface area contributed by atoms with E-state index in [0.29, 0.717) is 11.3 Å². The van der Waals surface area contributed by atoms with Crippen molar-refractivity contribution in [2.24, 2.45) is 0 Å². The maximum absolute atomic E-state index is 11.1. The molecule has 0 radical (unpaired) electrons. The fourth-order valence-electron chi connectivity index (χ4n) is 1.73.